The molecule has 1 rings (SSSR count). The third-order valence-electron chi connectivity index (χ3n) is 2.51. The van der Waals surface area contributed by atoms with Gasteiger partial charge in [0.25, 0.3) is 0 Å². The number of rotatable bonds is 8. The minimum atomic E-state index is 0. The van der Waals surface area contributed by atoms with Gasteiger partial charge in [0.1, 0.15) is 0 Å². The Morgan fingerprint density at radius 1 is 1.39 bits per heavy atom. The molecule has 104 valence electrons. The van der Waals surface area contributed by atoms with Crippen LogP contribution >= 0.6 is 23.7 Å². The Morgan fingerprint density at radius 2 is 2.11 bits per heavy atom. The monoisotopic (exact) mass is 291 g/mol. The summed E-state index contributed by atoms with van der Waals surface area (Å²) in [5, 5.41) is 3.55. The number of anilines is 1. The van der Waals surface area contributed by atoms with Gasteiger partial charge < -0.3 is 11.1 Å². The molecule has 0 spiro atoms. The molecule has 0 aliphatic rings. The summed E-state index contributed by atoms with van der Waals surface area (Å²) in [6, 6.07) is 0. The molecule has 0 aliphatic carbocycles. The van der Waals surface area contributed by atoms with Gasteiger partial charge in [-0.2, -0.15) is 0 Å². The van der Waals surface area contributed by atoms with Gasteiger partial charge in [-0.05, 0) is 25.8 Å². The number of amides is 1. The molecule has 18 heavy (non-hydrogen) atoms. The number of aryl methyl sites for hydroxylation is 1. The lowest BCUT2D eigenvalue weighted by atomic mass is 10.1. The molecule has 0 aromatic carbocycles. The van der Waals surface area contributed by atoms with Crippen LogP contribution in [0.5, 0.6) is 0 Å². The van der Waals surface area contributed by atoms with Crippen LogP contribution in [0.15, 0.2) is 6.20 Å². The van der Waals surface area contributed by atoms with E-state index in [0.717, 1.165) is 38.6 Å². The number of nitrogens with zero attached hydrogens (tertiary/aromatic N) is 1. The van der Waals surface area contributed by atoms with Gasteiger partial charge >= 0.3 is 0 Å². The summed E-state index contributed by atoms with van der Waals surface area (Å²) in [5.74, 6) is 0.0646. The minimum absolute atomic E-state index is 0. The van der Waals surface area contributed by atoms with Crippen LogP contribution in [0, 0.1) is 0 Å². The first-order chi connectivity index (χ1) is 8.26. The predicted molar refractivity (Wildman–Crippen MR) is 79.5 cm³/mol. The van der Waals surface area contributed by atoms with Gasteiger partial charge in [-0.1, -0.05) is 19.8 Å². The maximum atomic E-state index is 11.6. The Bertz CT molecular complexity index is 344. The second kappa shape index (κ2) is 10.3. The number of nitrogens with one attached hydrogen (secondary N) is 1. The van der Waals surface area contributed by atoms with Gasteiger partial charge in [-0.3, -0.25) is 4.79 Å². The van der Waals surface area contributed by atoms with Crippen molar-refractivity contribution in [1.82, 2.24) is 4.98 Å². The van der Waals surface area contributed by atoms with Crippen LogP contribution in [0.2, 0.25) is 0 Å². The zero-order valence-electron chi connectivity index (χ0n) is 10.8. The average molecular weight is 292 g/mol. The maximum absolute atomic E-state index is 11.6. The molecule has 0 radical (unpaired) electrons. The van der Waals surface area contributed by atoms with Crippen LogP contribution in [-0.2, 0) is 11.2 Å². The highest BCUT2D eigenvalue weighted by molar-refractivity contribution is 7.15. The first-order valence-corrected chi connectivity index (χ1v) is 7.02. The molecular formula is C12H22ClN3OS. The van der Waals surface area contributed by atoms with Crippen molar-refractivity contribution < 1.29 is 4.79 Å². The second-order valence-electron chi connectivity index (χ2n) is 3.99. The highest BCUT2D eigenvalue weighted by Gasteiger charge is 2.05. The number of unbranched alkanes of at least 4 members (excludes halogenated alkanes) is 3. The fourth-order valence-corrected chi connectivity index (χ4v) is 2.26. The summed E-state index contributed by atoms with van der Waals surface area (Å²) < 4.78 is 0. The summed E-state index contributed by atoms with van der Waals surface area (Å²) in [4.78, 5) is 16.9. The molecule has 1 aromatic rings. The number of carbonyl (C=O) groups is 1. The molecule has 1 heterocycles. The summed E-state index contributed by atoms with van der Waals surface area (Å²) in [5.41, 5.74) is 5.40. The fraction of sp³-hybridized carbons (Fsp3) is 0.667. The minimum Gasteiger partial charge on any atom is -0.330 e. The topological polar surface area (TPSA) is 68.0 Å². The van der Waals surface area contributed by atoms with Gasteiger partial charge in [0, 0.05) is 17.5 Å². The van der Waals surface area contributed by atoms with Crippen LogP contribution < -0.4 is 11.1 Å². The van der Waals surface area contributed by atoms with Crippen molar-refractivity contribution in [2.45, 2.75) is 45.4 Å². The third kappa shape index (κ3) is 6.93. The van der Waals surface area contributed by atoms with Crippen molar-refractivity contribution in [1.29, 1.82) is 0 Å². The lowest BCUT2D eigenvalue weighted by molar-refractivity contribution is -0.116. The SMILES string of the molecule is CCc1cnc(NC(=O)CCCCCCN)s1.Cl. The zero-order valence-corrected chi connectivity index (χ0v) is 12.4. The van der Waals surface area contributed by atoms with E-state index in [1.54, 1.807) is 11.3 Å². The third-order valence-corrected chi connectivity index (χ3v) is 3.56. The van der Waals surface area contributed by atoms with Crippen LogP contribution in [0.25, 0.3) is 0 Å². The van der Waals surface area contributed by atoms with E-state index >= 15 is 0 Å². The van der Waals surface area contributed by atoms with Crippen LogP contribution in [0.4, 0.5) is 5.13 Å². The molecule has 0 unspecified atom stereocenters. The summed E-state index contributed by atoms with van der Waals surface area (Å²) in [7, 11) is 0. The Morgan fingerprint density at radius 3 is 2.72 bits per heavy atom. The molecule has 1 aromatic heterocycles. The van der Waals surface area contributed by atoms with E-state index in [-0.39, 0.29) is 18.3 Å². The number of hydrogen-bond acceptors (Lipinski definition) is 4. The van der Waals surface area contributed by atoms with E-state index in [2.05, 4.69) is 17.2 Å². The van der Waals surface area contributed by atoms with Crippen molar-refractivity contribution in [2.24, 2.45) is 5.73 Å². The number of thiazole rings is 1. The van der Waals surface area contributed by atoms with E-state index in [4.69, 9.17) is 5.73 Å². The average Bonchev–Trinajstić information content (AvgIpc) is 2.76. The smallest absolute Gasteiger partial charge is 0.226 e. The molecule has 0 atom stereocenters. The molecule has 1 amide bonds. The molecular weight excluding hydrogens is 270 g/mol. The number of aromatic nitrogens is 1. The van der Waals surface area contributed by atoms with Crippen LogP contribution in [-0.4, -0.2) is 17.4 Å². The molecule has 6 heteroatoms. The maximum Gasteiger partial charge on any atom is 0.226 e. The Kier molecular flexibility index (Phi) is 9.92. The first-order valence-electron chi connectivity index (χ1n) is 6.21. The zero-order chi connectivity index (χ0) is 12.5. The van der Waals surface area contributed by atoms with E-state index < -0.39 is 0 Å². The largest absolute Gasteiger partial charge is 0.330 e. The normalized spacial score (nSPS) is 9.89. The molecule has 0 bridgehead atoms. The number of nitrogens with two attached hydrogens (primary N) is 1. The molecule has 4 nitrogen and oxygen atoms in total. The molecule has 0 aliphatic heterocycles. The second-order valence-corrected chi connectivity index (χ2v) is 5.10. The number of hydrogen-bond donors (Lipinski definition) is 2. The van der Waals surface area contributed by atoms with Gasteiger partial charge in [-0.25, -0.2) is 4.98 Å². The van der Waals surface area contributed by atoms with Crippen molar-refractivity contribution >= 4 is 34.8 Å². The molecule has 0 saturated heterocycles. The number of halogens is 1. The van der Waals surface area contributed by atoms with Gasteiger partial charge in [-0.15, -0.1) is 23.7 Å². The van der Waals surface area contributed by atoms with E-state index in [0.29, 0.717) is 11.6 Å². The lowest BCUT2D eigenvalue weighted by Gasteiger charge is -2.01. The van der Waals surface area contributed by atoms with Crippen molar-refractivity contribution in [2.75, 3.05) is 11.9 Å². The summed E-state index contributed by atoms with van der Waals surface area (Å²) in [6.07, 6.45) is 7.52. The number of carbonyl (C=O) groups excluding carboxylic acids is 1. The van der Waals surface area contributed by atoms with Crippen LogP contribution in [0.3, 0.4) is 0 Å². The van der Waals surface area contributed by atoms with Gasteiger partial charge in [0.2, 0.25) is 5.91 Å². The van der Waals surface area contributed by atoms with Gasteiger partial charge in [0.05, 0.1) is 0 Å². The van der Waals surface area contributed by atoms with Crippen molar-refractivity contribution in [3.05, 3.63) is 11.1 Å². The Balaban J connectivity index is 0.00000289. The fourth-order valence-electron chi connectivity index (χ4n) is 1.49. The van der Waals surface area contributed by atoms with E-state index in [1.165, 1.54) is 4.88 Å². The molecule has 0 saturated carbocycles. The summed E-state index contributed by atoms with van der Waals surface area (Å²) >= 11 is 1.55. The van der Waals surface area contributed by atoms with E-state index in [9.17, 15) is 4.79 Å². The quantitative estimate of drug-likeness (QED) is 0.724. The lowest BCUT2D eigenvalue weighted by Crippen LogP contribution is -2.10. The van der Waals surface area contributed by atoms with Crippen LogP contribution in [0.1, 0.15) is 43.9 Å². The highest BCUT2D eigenvalue weighted by atomic mass is 35.5. The van der Waals surface area contributed by atoms with Gasteiger partial charge in [0.15, 0.2) is 5.13 Å². The van der Waals surface area contributed by atoms with E-state index in [1.807, 2.05) is 6.20 Å². The predicted octanol–water partition coefficient (Wildman–Crippen LogP) is 2.98. The first kappa shape index (κ1) is 17.4. The highest BCUT2D eigenvalue weighted by Crippen LogP contribution is 2.18. The molecule has 0 fully saturated rings. The van der Waals surface area contributed by atoms with Crippen molar-refractivity contribution in [3.8, 4) is 0 Å². The summed E-state index contributed by atoms with van der Waals surface area (Å²) in [6.45, 7) is 2.82. The Hall–Kier alpha value is -0.650. The Labute approximate surface area is 119 Å². The molecule has 3 N–H and O–H groups in total. The standard InChI is InChI=1S/C12H21N3OS.ClH/c1-2-10-9-14-12(17-10)15-11(16)7-5-3-4-6-8-13;/h9H,2-8,13H2,1H3,(H,14,15,16);1H. The van der Waals surface area contributed by atoms with Crippen molar-refractivity contribution in [3.63, 3.8) is 0 Å².